The van der Waals surface area contributed by atoms with Crippen LogP contribution in [-0.2, 0) is 4.79 Å². The topological polar surface area (TPSA) is 71.0 Å². The first-order valence-corrected chi connectivity index (χ1v) is 12.1. The third kappa shape index (κ3) is 4.05. The van der Waals surface area contributed by atoms with E-state index in [0.29, 0.717) is 5.82 Å². The van der Waals surface area contributed by atoms with Gasteiger partial charge in [-0.3, -0.25) is 4.79 Å². The zero-order chi connectivity index (χ0) is 21.4. The van der Waals surface area contributed by atoms with Gasteiger partial charge in [-0.05, 0) is 55.8 Å². The third-order valence-corrected chi connectivity index (χ3v) is 7.42. The number of hydrogen-bond acceptors (Lipinski definition) is 7. The Bertz CT molecular complexity index is 1230. The molecule has 0 saturated carbocycles. The van der Waals surface area contributed by atoms with E-state index in [0.717, 1.165) is 53.4 Å². The summed E-state index contributed by atoms with van der Waals surface area (Å²) in [5, 5.41) is 8.39. The minimum atomic E-state index is -0.0174. The molecule has 1 N–H and O–H groups in total. The van der Waals surface area contributed by atoms with Gasteiger partial charge in [-0.25, -0.2) is 15.0 Å². The number of carbonyl (C=O) groups is 1. The average Bonchev–Trinajstić information content (AvgIpc) is 3.43. The zero-order valence-electron chi connectivity index (χ0n) is 17.5. The van der Waals surface area contributed by atoms with Crippen molar-refractivity contribution in [3.63, 3.8) is 0 Å². The third-order valence-electron chi connectivity index (χ3n) is 5.64. The Kier molecular flexibility index (Phi) is 5.41. The van der Waals surface area contributed by atoms with Gasteiger partial charge in [-0.15, -0.1) is 22.7 Å². The predicted molar refractivity (Wildman–Crippen MR) is 128 cm³/mol. The van der Waals surface area contributed by atoms with Gasteiger partial charge >= 0.3 is 0 Å². The van der Waals surface area contributed by atoms with E-state index in [4.69, 9.17) is 4.98 Å². The van der Waals surface area contributed by atoms with Crippen molar-refractivity contribution in [1.29, 1.82) is 0 Å². The largest absolute Gasteiger partial charge is 0.356 e. The Balaban J connectivity index is 1.36. The molecule has 5 rings (SSSR count). The Morgan fingerprint density at radius 1 is 1.16 bits per heavy atom. The fourth-order valence-electron chi connectivity index (χ4n) is 4.06. The van der Waals surface area contributed by atoms with Gasteiger partial charge in [0.1, 0.15) is 22.3 Å². The van der Waals surface area contributed by atoms with Crippen molar-refractivity contribution in [2.45, 2.75) is 26.7 Å². The lowest BCUT2D eigenvalue weighted by Gasteiger charge is -2.32. The molecule has 0 spiro atoms. The summed E-state index contributed by atoms with van der Waals surface area (Å²) >= 11 is 3.41. The van der Waals surface area contributed by atoms with E-state index in [2.05, 4.69) is 43.1 Å². The number of piperidine rings is 1. The molecular weight excluding hydrogens is 426 g/mol. The maximum Gasteiger partial charge on any atom is 0.228 e. The van der Waals surface area contributed by atoms with Crippen LogP contribution in [0.25, 0.3) is 20.7 Å². The first-order valence-electron chi connectivity index (χ1n) is 10.4. The average molecular weight is 450 g/mol. The number of anilines is 2. The van der Waals surface area contributed by atoms with Crippen LogP contribution in [-0.4, -0.2) is 33.9 Å². The van der Waals surface area contributed by atoms with Gasteiger partial charge < -0.3 is 10.2 Å². The second-order valence-electron chi connectivity index (χ2n) is 7.87. The van der Waals surface area contributed by atoms with Crippen molar-refractivity contribution < 1.29 is 4.79 Å². The molecule has 6 nitrogen and oxygen atoms in total. The van der Waals surface area contributed by atoms with Crippen LogP contribution < -0.4 is 10.2 Å². The quantitative estimate of drug-likeness (QED) is 0.459. The van der Waals surface area contributed by atoms with E-state index in [9.17, 15) is 4.79 Å². The van der Waals surface area contributed by atoms with Gasteiger partial charge in [0.15, 0.2) is 0 Å². The molecule has 1 fully saturated rings. The molecule has 0 unspecified atom stereocenters. The first kappa shape index (κ1) is 20.1. The molecule has 0 aliphatic carbocycles. The second-order valence-corrected chi connectivity index (χ2v) is 9.68. The maximum absolute atomic E-state index is 12.8. The summed E-state index contributed by atoms with van der Waals surface area (Å²) in [6.45, 7) is 5.53. The highest BCUT2D eigenvalue weighted by molar-refractivity contribution is 7.18. The Morgan fingerprint density at radius 2 is 2.00 bits per heavy atom. The number of amides is 1. The van der Waals surface area contributed by atoms with Crippen molar-refractivity contribution in [3.05, 3.63) is 52.6 Å². The van der Waals surface area contributed by atoms with Gasteiger partial charge in [0.2, 0.25) is 5.91 Å². The van der Waals surface area contributed by atoms with E-state index < -0.39 is 0 Å². The van der Waals surface area contributed by atoms with Crippen LogP contribution in [0.4, 0.5) is 11.6 Å². The molecule has 0 atom stereocenters. The smallest absolute Gasteiger partial charge is 0.228 e. The lowest BCUT2D eigenvalue weighted by molar-refractivity contribution is -0.120. The molecule has 1 amide bonds. The molecule has 158 valence electrons. The number of hydrogen-bond donors (Lipinski definition) is 1. The fraction of sp³-hybridized carbons (Fsp3) is 0.304. The van der Waals surface area contributed by atoms with Gasteiger partial charge in [0, 0.05) is 41.0 Å². The van der Waals surface area contributed by atoms with Crippen LogP contribution in [0, 0.1) is 19.8 Å². The van der Waals surface area contributed by atoms with Crippen LogP contribution in [0.15, 0.2) is 41.2 Å². The second kappa shape index (κ2) is 8.36. The van der Waals surface area contributed by atoms with Crippen molar-refractivity contribution in [2.24, 2.45) is 5.92 Å². The highest BCUT2D eigenvalue weighted by Gasteiger charge is 2.28. The molecule has 0 aromatic carbocycles. The molecule has 1 aliphatic rings. The number of nitrogens with one attached hydrogen (secondary N) is 1. The first-order chi connectivity index (χ1) is 15.1. The van der Waals surface area contributed by atoms with E-state index in [1.54, 1.807) is 28.9 Å². The number of aryl methyl sites for hydroxylation is 2. The lowest BCUT2D eigenvalue weighted by Crippen LogP contribution is -2.38. The molecule has 4 aromatic heterocycles. The monoisotopic (exact) mass is 449 g/mol. The van der Waals surface area contributed by atoms with E-state index >= 15 is 0 Å². The molecule has 5 heterocycles. The summed E-state index contributed by atoms with van der Waals surface area (Å²) in [5.74, 6) is 2.44. The highest BCUT2D eigenvalue weighted by atomic mass is 32.1. The van der Waals surface area contributed by atoms with Crippen LogP contribution in [0.2, 0.25) is 0 Å². The Morgan fingerprint density at radius 3 is 2.74 bits per heavy atom. The molecule has 4 aromatic rings. The molecule has 1 aliphatic heterocycles. The zero-order valence-corrected chi connectivity index (χ0v) is 19.1. The number of thiophene rings is 2. The number of nitrogens with zero attached hydrogens (tertiary/aromatic N) is 4. The summed E-state index contributed by atoms with van der Waals surface area (Å²) in [4.78, 5) is 31.1. The number of rotatable bonds is 4. The lowest BCUT2D eigenvalue weighted by atomic mass is 9.95. The number of carbonyl (C=O) groups excluding carboxylic acids is 1. The van der Waals surface area contributed by atoms with Crippen molar-refractivity contribution in [3.8, 4) is 10.4 Å². The minimum absolute atomic E-state index is 0.0174. The van der Waals surface area contributed by atoms with E-state index in [1.165, 1.54) is 10.4 Å². The van der Waals surface area contributed by atoms with Crippen LogP contribution >= 0.6 is 22.7 Å². The van der Waals surface area contributed by atoms with Crippen molar-refractivity contribution in [1.82, 2.24) is 15.0 Å². The van der Waals surface area contributed by atoms with Gasteiger partial charge in [0.05, 0.1) is 5.39 Å². The summed E-state index contributed by atoms with van der Waals surface area (Å²) in [7, 11) is 0. The Hall–Kier alpha value is -2.84. The van der Waals surface area contributed by atoms with Gasteiger partial charge in [-0.2, -0.15) is 0 Å². The minimum Gasteiger partial charge on any atom is -0.356 e. The normalized spacial score (nSPS) is 14.8. The molecule has 0 radical (unpaired) electrons. The Labute approximate surface area is 189 Å². The van der Waals surface area contributed by atoms with E-state index in [1.807, 2.05) is 26.0 Å². The summed E-state index contributed by atoms with van der Waals surface area (Å²) in [6, 6.07) is 8.04. The highest BCUT2D eigenvalue weighted by Crippen LogP contribution is 2.40. The molecular formula is C23H23N5OS2. The fourth-order valence-corrected chi connectivity index (χ4v) is 5.86. The maximum atomic E-state index is 12.8. The molecule has 1 saturated heterocycles. The molecule has 31 heavy (non-hydrogen) atoms. The van der Waals surface area contributed by atoms with Gasteiger partial charge in [-0.1, -0.05) is 6.07 Å². The van der Waals surface area contributed by atoms with Crippen molar-refractivity contribution >= 4 is 50.4 Å². The van der Waals surface area contributed by atoms with Crippen LogP contribution in [0.1, 0.15) is 24.2 Å². The van der Waals surface area contributed by atoms with E-state index in [-0.39, 0.29) is 11.8 Å². The number of pyridine rings is 1. The van der Waals surface area contributed by atoms with Crippen molar-refractivity contribution in [2.75, 3.05) is 23.3 Å². The number of aromatic nitrogens is 3. The van der Waals surface area contributed by atoms with Crippen LogP contribution in [0.5, 0.6) is 0 Å². The standard InChI is InChI=1S/C23H23N5OS2/c1-14-5-8-24-19(12-14)27-22(29)16-6-9-28(10-7-16)21-20-17(18-4-3-11-30-18)13-31-23(20)26-15(2)25-21/h3-5,8,11-13,16H,6-7,9-10H2,1-2H3,(H,24,27,29). The SMILES string of the molecule is Cc1ccnc(NC(=O)C2CCN(c3nc(C)nc4scc(-c5cccs5)c34)CC2)c1. The van der Waals surface area contributed by atoms with Gasteiger partial charge in [0.25, 0.3) is 0 Å². The summed E-state index contributed by atoms with van der Waals surface area (Å²) in [6.07, 6.45) is 3.31. The molecule has 8 heteroatoms. The number of fused-ring (bicyclic) bond motifs is 1. The summed E-state index contributed by atoms with van der Waals surface area (Å²) < 4.78 is 0. The van der Waals surface area contributed by atoms with Crippen LogP contribution in [0.3, 0.4) is 0 Å². The molecule has 0 bridgehead atoms. The summed E-state index contributed by atoms with van der Waals surface area (Å²) in [5.41, 5.74) is 2.29. The predicted octanol–water partition coefficient (Wildman–Crippen LogP) is 5.29.